The topological polar surface area (TPSA) is 58.4 Å². The molecule has 3 N–H and O–H groups in total. The molecule has 4 nitrogen and oxygen atoms in total. The van der Waals surface area contributed by atoms with Crippen molar-refractivity contribution in [1.29, 1.82) is 0 Å². The summed E-state index contributed by atoms with van der Waals surface area (Å²) < 4.78 is 0. The Kier molecular flexibility index (Phi) is 10.8. The van der Waals surface area contributed by atoms with Crippen LogP contribution in [0.5, 0.6) is 0 Å². The van der Waals surface area contributed by atoms with E-state index in [0.29, 0.717) is 12.2 Å². The van der Waals surface area contributed by atoms with Crippen LogP contribution in [0.15, 0.2) is 36.5 Å². The van der Waals surface area contributed by atoms with Crippen LogP contribution in [0, 0.1) is 6.92 Å². The maximum atomic E-state index is 11.9. The van der Waals surface area contributed by atoms with Crippen molar-refractivity contribution in [3.8, 4) is 0 Å². The van der Waals surface area contributed by atoms with Crippen molar-refractivity contribution in [3.05, 3.63) is 47.7 Å². The molecular formula is C18H31N3O. The predicted molar refractivity (Wildman–Crippen MR) is 94.9 cm³/mol. The molecular weight excluding hydrogens is 274 g/mol. The number of carbonyl (C=O) groups is 1. The van der Waals surface area contributed by atoms with Gasteiger partial charge in [-0.15, -0.1) is 0 Å². The average molecular weight is 305 g/mol. The lowest BCUT2D eigenvalue weighted by Crippen LogP contribution is -2.35. The van der Waals surface area contributed by atoms with Crippen LogP contribution < -0.4 is 11.1 Å². The fourth-order valence-corrected chi connectivity index (χ4v) is 1.88. The van der Waals surface area contributed by atoms with Gasteiger partial charge in [-0.3, -0.25) is 4.79 Å². The highest BCUT2D eigenvalue weighted by Gasteiger charge is 2.05. The first-order valence-corrected chi connectivity index (χ1v) is 7.88. The lowest BCUT2D eigenvalue weighted by atomic mass is 10.1. The van der Waals surface area contributed by atoms with E-state index in [1.165, 1.54) is 5.56 Å². The van der Waals surface area contributed by atoms with Gasteiger partial charge < -0.3 is 16.0 Å². The summed E-state index contributed by atoms with van der Waals surface area (Å²) in [4.78, 5) is 14.2. The molecule has 0 aromatic heterocycles. The summed E-state index contributed by atoms with van der Waals surface area (Å²) in [5.41, 5.74) is 7.49. The molecule has 124 valence electrons. The Bertz CT molecular complexity index is 436. The zero-order valence-corrected chi connectivity index (χ0v) is 14.5. The fourth-order valence-electron chi connectivity index (χ4n) is 1.88. The molecule has 0 aliphatic rings. The van der Waals surface area contributed by atoms with Crippen molar-refractivity contribution in [1.82, 2.24) is 10.2 Å². The molecule has 1 aromatic rings. The number of benzene rings is 1. The Labute approximate surface area is 135 Å². The van der Waals surface area contributed by atoms with Gasteiger partial charge in [0, 0.05) is 18.7 Å². The van der Waals surface area contributed by atoms with E-state index in [0.717, 1.165) is 31.6 Å². The average Bonchev–Trinajstić information content (AvgIpc) is 2.46. The molecule has 1 amide bonds. The first-order valence-electron chi connectivity index (χ1n) is 7.88. The van der Waals surface area contributed by atoms with Crippen molar-refractivity contribution in [2.45, 2.75) is 34.1 Å². The summed E-state index contributed by atoms with van der Waals surface area (Å²) in [7, 11) is 0. The summed E-state index contributed by atoms with van der Waals surface area (Å²) in [6.07, 6.45) is 1.15. The number of nitrogens with one attached hydrogen (secondary N) is 1. The molecule has 0 atom stereocenters. The number of hydrogen-bond donors (Lipinski definition) is 2. The van der Waals surface area contributed by atoms with Gasteiger partial charge in [-0.1, -0.05) is 38.1 Å². The second-order valence-electron chi connectivity index (χ2n) is 5.40. The number of nitrogens with two attached hydrogens (primary N) is 1. The Morgan fingerprint density at radius 3 is 2.23 bits per heavy atom. The third kappa shape index (κ3) is 10.00. The van der Waals surface area contributed by atoms with Crippen LogP contribution in [0.1, 0.15) is 43.1 Å². The van der Waals surface area contributed by atoms with Crippen LogP contribution in [0.3, 0.4) is 0 Å². The van der Waals surface area contributed by atoms with Crippen LogP contribution >= 0.6 is 0 Å². The zero-order valence-electron chi connectivity index (χ0n) is 14.5. The van der Waals surface area contributed by atoms with E-state index in [2.05, 4.69) is 30.6 Å². The minimum Gasteiger partial charge on any atom is -0.403 e. The van der Waals surface area contributed by atoms with E-state index < -0.39 is 0 Å². The summed E-state index contributed by atoms with van der Waals surface area (Å²) in [6.45, 7) is 15.2. The molecule has 1 aromatic carbocycles. The maximum Gasteiger partial charge on any atom is 0.251 e. The predicted octanol–water partition coefficient (Wildman–Crippen LogP) is 2.94. The molecule has 0 spiro atoms. The zero-order chi connectivity index (χ0) is 17.0. The molecule has 22 heavy (non-hydrogen) atoms. The smallest absolute Gasteiger partial charge is 0.251 e. The first kappa shape index (κ1) is 20.2. The minimum atomic E-state index is 0.0163. The largest absolute Gasteiger partial charge is 0.403 e. The molecule has 0 fully saturated rings. The monoisotopic (exact) mass is 305 g/mol. The Hall–Kier alpha value is -1.81. The van der Waals surface area contributed by atoms with Crippen LogP contribution in [0.2, 0.25) is 0 Å². The van der Waals surface area contributed by atoms with Crippen LogP contribution in [-0.2, 0) is 0 Å². The Morgan fingerprint density at radius 2 is 1.77 bits per heavy atom. The van der Waals surface area contributed by atoms with Gasteiger partial charge in [0.1, 0.15) is 0 Å². The van der Waals surface area contributed by atoms with E-state index in [9.17, 15) is 4.79 Å². The van der Waals surface area contributed by atoms with Gasteiger partial charge in [0.05, 0.1) is 0 Å². The normalized spacial score (nSPS) is 9.86. The number of hydrogen-bond acceptors (Lipinski definition) is 3. The molecule has 0 aliphatic heterocycles. The van der Waals surface area contributed by atoms with Crippen molar-refractivity contribution in [2.75, 3.05) is 26.2 Å². The number of allylic oxidation sites excluding steroid dienone is 1. The quantitative estimate of drug-likeness (QED) is 0.814. The van der Waals surface area contributed by atoms with E-state index in [4.69, 9.17) is 5.73 Å². The van der Waals surface area contributed by atoms with E-state index in [1.54, 1.807) is 6.92 Å². The standard InChI is InChI=1S/C15H24N2O.C3H7N/c1-4-11-17(5-2)12-10-16-15(18)14-8-6-13(3)7-9-14;1-3(2)4/h6-9H,4-5,10-12H2,1-3H3,(H,16,18);1,4H2,2H3. The summed E-state index contributed by atoms with van der Waals surface area (Å²) in [6, 6.07) is 7.66. The van der Waals surface area contributed by atoms with Crippen LogP contribution in [0.25, 0.3) is 0 Å². The van der Waals surface area contributed by atoms with Crippen molar-refractivity contribution >= 4 is 5.91 Å². The Morgan fingerprint density at radius 1 is 1.23 bits per heavy atom. The highest BCUT2D eigenvalue weighted by molar-refractivity contribution is 5.94. The maximum absolute atomic E-state index is 11.9. The van der Waals surface area contributed by atoms with E-state index >= 15 is 0 Å². The van der Waals surface area contributed by atoms with E-state index in [1.807, 2.05) is 31.2 Å². The molecule has 1 rings (SSSR count). The lowest BCUT2D eigenvalue weighted by Gasteiger charge is -2.19. The van der Waals surface area contributed by atoms with Gasteiger partial charge in [-0.2, -0.15) is 0 Å². The number of nitrogens with zero attached hydrogens (tertiary/aromatic N) is 1. The van der Waals surface area contributed by atoms with Gasteiger partial charge in [0.15, 0.2) is 0 Å². The second kappa shape index (κ2) is 11.8. The molecule has 0 aliphatic carbocycles. The molecule has 0 saturated heterocycles. The molecule has 0 bridgehead atoms. The third-order valence-electron chi connectivity index (χ3n) is 3.01. The van der Waals surface area contributed by atoms with Crippen molar-refractivity contribution in [3.63, 3.8) is 0 Å². The van der Waals surface area contributed by atoms with Gasteiger partial charge in [0.2, 0.25) is 0 Å². The molecule has 0 radical (unpaired) electrons. The first-order chi connectivity index (χ1) is 10.4. The van der Waals surface area contributed by atoms with Gasteiger partial charge in [-0.05, 0) is 51.2 Å². The summed E-state index contributed by atoms with van der Waals surface area (Å²) >= 11 is 0. The number of aryl methyl sites for hydroxylation is 1. The van der Waals surface area contributed by atoms with E-state index in [-0.39, 0.29) is 5.91 Å². The van der Waals surface area contributed by atoms with Gasteiger partial charge >= 0.3 is 0 Å². The number of amides is 1. The fraction of sp³-hybridized carbons (Fsp3) is 0.500. The molecule has 4 heteroatoms. The van der Waals surface area contributed by atoms with Crippen LogP contribution in [0.4, 0.5) is 0 Å². The number of carbonyl (C=O) groups excluding carboxylic acids is 1. The van der Waals surface area contributed by atoms with Gasteiger partial charge in [-0.25, -0.2) is 0 Å². The number of likely N-dealkylation sites (N-methyl/N-ethyl adjacent to an activating group) is 1. The highest BCUT2D eigenvalue weighted by Crippen LogP contribution is 2.02. The second-order valence-corrected chi connectivity index (χ2v) is 5.40. The number of rotatable bonds is 7. The minimum absolute atomic E-state index is 0.0163. The lowest BCUT2D eigenvalue weighted by molar-refractivity contribution is 0.0948. The SMILES string of the molecule is C=C(C)N.CCCN(CC)CCNC(=O)c1ccc(C)cc1. The van der Waals surface area contributed by atoms with Crippen molar-refractivity contribution in [2.24, 2.45) is 5.73 Å². The molecule has 0 saturated carbocycles. The van der Waals surface area contributed by atoms with Crippen molar-refractivity contribution < 1.29 is 4.79 Å². The summed E-state index contributed by atoms with van der Waals surface area (Å²) in [5.74, 6) is 0.0163. The Balaban J connectivity index is 0.000000980. The van der Waals surface area contributed by atoms with Crippen LogP contribution in [-0.4, -0.2) is 37.0 Å². The van der Waals surface area contributed by atoms with Gasteiger partial charge in [0.25, 0.3) is 5.91 Å². The highest BCUT2D eigenvalue weighted by atomic mass is 16.1. The summed E-state index contributed by atoms with van der Waals surface area (Å²) in [5, 5.41) is 2.96. The molecule has 0 heterocycles. The third-order valence-corrected chi connectivity index (χ3v) is 3.01. The molecule has 0 unspecified atom stereocenters.